The Bertz CT molecular complexity index is 1410. The Hall–Kier alpha value is -3.42. The van der Waals surface area contributed by atoms with Crippen LogP contribution in [0.4, 0.5) is 0 Å². The minimum Gasteiger partial charge on any atom is -0.497 e. The standard InChI is InChI=1S/C25H30N4O7S2/c1-15-12-21(36-28-15)22-14-23(16(2)37-22)38(32,33)29-19-6-4-5-9-26-24(30)18-8-7-17(34-3)13-20(18)35-11-10-27-25(19)31/h7-8,12-14,19,29H,4-6,9-11H2,1-3H3,(H,26,30)(H,27,31)/t19-/m0/s1. The van der Waals surface area contributed by atoms with Crippen molar-refractivity contribution in [2.75, 3.05) is 26.8 Å². The second kappa shape index (κ2) is 12.0. The van der Waals surface area contributed by atoms with Crippen molar-refractivity contribution in [3.63, 3.8) is 0 Å². The Kier molecular flexibility index (Phi) is 8.69. The summed E-state index contributed by atoms with van der Waals surface area (Å²) in [4.78, 5) is 26.9. The van der Waals surface area contributed by atoms with Gasteiger partial charge in [-0.2, -0.15) is 4.72 Å². The van der Waals surface area contributed by atoms with E-state index in [2.05, 4.69) is 20.5 Å². The van der Waals surface area contributed by atoms with E-state index in [0.717, 1.165) is 0 Å². The molecule has 0 radical (unpaired) electrons. The van der Waals surface area contributed by atoms with Gasteiger partial charge in [0.05, 0.1) is 34.7 Å². The highest BCUT2D eigenvalue weighted by Gasteiger charge is 2.28. The lowest BCUT2D eigenvalue weighted by molar-refractivity contribution is -0.123. The number of ether oxygens (including phenoxy) is 2. The van der Waals surface area contributed by atoms with E-state index in [1.807, 2.05) is 0 Å². The molecule has 11 nitrogen and oxygen atoms in total. The molecule has 0 saturated carbocycles. The zero-order valence-electron chi connectivity index (χ0n) is 21.3. The van der Waals surface area contributed by atoms with E-state index in [4.69, 9.17) is 14.0 Å². The Labute approximate surface area is 224 Å². The van der Waals surface area contributed by atoms with Crippen molar-refractivity contribution in [1.29, 1.82) is 0 Å². The summed E-state index contributed by atoms with van der Waals surface area (Å²) in [5, 5.41) is 9.44. The van der Waals surface area contributed by atoms with Crippen molar-refractivity contribution >= 4 is 33.2 Å². The second-order valence-corrected chi connectivity index (χ2v) is 11.7. The summed E-state index contributed by atoms with van der Waals surface area (Å²) >= 11 is 1.27. The number of carbonyl (C=O) groups excluding carboxylic acids is 2. The molecule has 1 aromatic carbocycles. The van der Waals surface area contributed by atoms with Crippen LogP contribution < -0.4 is 24.8 Å². The molecule has 3 aromatic rings. The fourth-order valence-electron chi connectivity index (χ4n) is 3.99. The SMILES string of the molecule is COc1ccc2c(c1)OCCNC(=O)[C@@H](NS(=O)(=O)c1cc(-c3cc(C)no3)sc1C)CCCCNC2=O. The normalized spacial score (nSPS) is 17.5. The van der Waals surface area contributed by atoms with Crippen LogP contribution in [0.3, 0.4) is 0 Å². The van der Waals surface area contributed by atoms with Gasteiger partial charge >= 0.3 is 0 Å². The minimum atomic E-state index is -4.02. The molecule has 1 aliphatic rings. The zero-order valence-corrected chi connectivity index (χ0v) is 23.0. The number of aromatic nitrogens is 1. The van der Waals surface area contributed by atoms with Crippen molar-refractivity contribution in [2.24, 2.45) is 0 Å². The predicted octanol–water partition coefficient (Wildman–Crippen LogP) is 2.78. The number of nitrogens with zero attached hydrogens (tertiary/aromatic N) is 1. The number of nitrogens with one attached hydrogen (secondary N) is 3. The predicted molar refractivity (Wildman–Crippen MR) is 141 cm³/mol. The van der Waals surface area contributed by atoms with Crippen molar-refractivity contribution in [3.8, 4) is 22.1 Å². The van der Waals surface area contributed by atoms with E-state index in [0.29, 0.717) is 57.7 Å². The van der Waals surface area contributed by atoms with E-state index >= 15 is 0 Å². The highest BCUT2D eigenvalue weighted by Crippen LogP contribution is 2.34. The molecular weight excluding hydrogens is 532 g/mol. The van der Waals surface area contributed by atoms with Gasteiger partial charge < -0.3 is 24.6 Å². The molecule has 3 N–H and O–H groups in total. The van der Waals surface area contributed by atoms with E-state index in [9.17, 15) is 18.0 Å². The lowest BCUT2D eigenvalue weighted by atomic mass is 10.1. The van der Waals surface area contributed by atoms with Gasteiger partial charge in [0.2, 0.25) is 15.9 Å². The number of benzene rings is 1. The third-order valence-corrected chi connectivity index (χ3v) is 8.74. The summed E-state index contributed by atoms with van der Waals surface area (Å²) in [6, 6.07) is 7.17. The summed E-state index contributed by atoms with van der Waals surface area (Å²) in [5.41, 5.74) is 1.05. The van der Waals surface area contributed by atoms with Crippen LogP contribution in [0.2, 0.25) is 0 Å². The molecule has 3 heterocycles. The maximum atomic E-state index is 13.3. The number of aryl methyl sites for hydroxylation is 2. The fourth-order valence-corrected chi connectivity index (χ4v) is 6.76. The maximum absolute atomic E-state index is 13.3. The Balaban J connectivity index is 1.48. The zero-order chi connectivity index (χ0) is 27.3. The number of carbonyl (C=O) groups is 2. The Morgan fingerprint density at radius 1 is 1.11 bits per heavy atom. The maximum Gasteiger partial charge on any atom is 0.255 e. The number of hydrogen-bond donors (Lipinski definition) is 3. The summed E-state index contributed by atoms with van der Waals surface area (Å²) in [7, 11) is -2.50. The number of thiophene rings is 1. The third kappa shape index (κ3) is 6.52. The number of rotatable bonds is 5. The highest BCUT2D eigenvalue weighted by atomic mass is 32.2. The molecule has 1 aliphatic heterocycles. The Morgan fingerprint density at radius 2 is 1.92 bits per heavy atom. The number of fused-ring (bicyclic) bond motifs is 1. The number of hydrogen-bond acceptors (Lipinski definition) is 9. The van der Waals surface area contributed by atoms with Crippen molar-refractivity contribution in [2.45, 2.75) is 44.0 Å². The molecule has 0 fully saturated rings. The number of amides is 2. The molecule has 0 unspecified atom stereocenters. The summed E-state index contributed by atoms with van der Waals surface area (Å²) in [6.07, 6.45) is 1.32. The monoisotopic (exact) mass is 562 g/mol. The van der Waals surface area contributed by atoms with E-state index in [-0.39, 0.29) is 30.4 Å². The lowest BCUT2D eigenvalue weighted by Gasteiger charge is -2.20. The quantitative estimate of drug-likeness (QED) is 0.430. The van der Waals surface area contributed by atoms with Gasteiger partial charge in [-0.25, -0.2) is 8.42 Å². The molecule has 2 amide bonds. The van der Waals surface area contributed by atoms with Gasteiger partial charge in [0.1, 0.15) is 24.1 Å². The second-order valence-electron chi connectivity index (χ2n) is 8.79. The molecular formula is C25H30N4O7S2. The molecule has 1 atom stereocenters. The van der Waals surface area contributed by atoms with Crippen LogP contribution in [0.1, 0.15) is 40.2 Å². The third-order valence-electron chi connectivity index (χ3n) is 5.94. The largest absolute Gasteiger partial charge is 0.497 e. The molecule has 0 saturated heterocycles. The molecule has 2 aromatic heterocycles. The van der Waals surface area contributed by atoms with Crippen LogP contribution in [0.15, 0.2) is 39.8 Å². The first-order chi connectivity index (χ1) is 18.2. The van der Waals surface area contributed by atoms with Crippen molar-refractivity contribution in [3.05, 3.63) is 46.5 Å². The van der Waals surface area contributed by atoms with Gasteiger partial charge in [-0.15, -0.1) is 11.3 Å². The van der Waals surface area contributed by atoms with Crippen molar-refractivity contribution in [1.82, 2.24) is 20.5 Å². The van der Waals surface area contributed by atoms with E-state index < -0.39 is 22.0 Å². The van der Waals surface area contributed by atoms with Gasteiger partial charge in [0.25, 0.3) is 5.91 Å². The van der Waals surface area contributed by atoms with Crippen LogP contribution in [-0.4, -0.2) is 58.2 Å². The average molecular weight is 563 g/mol. The Morgan fingerprint density at radius 3 is 2.66 bits per heavy atom. The van der Waals surface area contributed by atoms with Crippen LogP contribution in [-0.2, 0) is 14.8 Å². The number of methoxy groups -OCH3 is 1. The summed E-state index contributed by atoms with van der Waals surface area (Å²) < 4.78 is 45.4. The van der Waals surface area contributed by atoms with Gasteiger partial charge in [-0.3, -0.25) is 9.59 Å². The molecule has 4 rings (SSSR count). The molecule has 0 bridgehead atoms. The average Bonchev–Trinajstić information content (AvgIpc) is 3.50. The molecule has 204 valence electrons. The van der Waals surface area contributed by atoms with Crippen LogP contribution in [0.5, 0.6) is 11.5 Å². The summed E-state index contributed by atoms with van der Waals surface area (Å²) in [5.74, 6) is 0.599. The first kappa shape index (κ1) is 27.6. The fraction of sp³-hybridized carbons (Fsp3) is 0.400. The van der Waals surface area contributed by atoms with Crippen molar-refractivity contribution < 1.29 is 32.0 Å². The topological polar surface area (TPSA) is 149 Å². The van der Waals surface area contributed by atoms with Gasteiger partial charge in [0, 0.05) is 23.6 Å². The first-order valence-corrected chi connectivity index (χ1v) is 14.4. The molecule has 0 aliphatic carbocycles. The molecule has 13 heteroatoms. The first-order valence-electron chi connectivity index (χ1n) is 12.1. The lowest BCUT2D eigenvalue weighted by Crippen LogP contribution is -2.47. The van der Waals surface area contributed by atoms with Gasteiger partial charge in [-0.1, -0.05) is 5.16 Å². The van der Waals surface area contributed by atoms with Crippen LogP contribution in [0, 0.1) is 13.8 Å². The number of sulfonamides is 1. The van der Waals surface area contributed by atoms with E-state index in [1.54, 1.807) is 38.1 Å². The van der Waals surface area contributed by atoms with E-state index in [1.165, 1.54) is 24.5 Å². The van der Waals surface area contributed by atoms with Gasteiger partial charge in [0.15, 0.2) is 5.76 Å². The van der Waals surface area contributed by atoms with Crippen LogP contribution in [0.25, 0.3) is 10.6 Å². The van der Waals surface area contributed by atoms with Crippen LogP contribution >= 0.6 is 11.3 Å². The molecule has 38 heavy (non-hydrogen) atoms. The van der Waals surface area contributed by atoms with Gasteiger partial charge in [-0.05, 0) is 51.3 Å². The highest BCUT2D eigenvalue weighted by molar-refractivity contribution is 7.89. The minimum absolute atomic E-state index is 0.0717. The smallest absolute Gasteiger partial charge is 0.255 e. The molecule has 0 spiro atoms. The summed E-state index contributed by atoms with van der Waals surface area (Å²) in [6.45, 7) is 4.02.